The van der Waals surface area contributed by atoms with Gasteiger partial charge in [-0.1, -0.05) is 0 Å². The first kappa shape index (κ1) is 12.4. The minimum Gasteiger partial charge on any atom is -0.314 e. The van der Waals surface area contributed by atoms with Crippen LogP contribution in [-0.2, 0) is 0 Å². The van der Waals surface area contributed by atoms with E-state index in [4.69, 9.17) is 5.26 Å². The van der Waals surface area contributed by atoms with Crippen LogP contribution in [0.5, 0.6) is 0 Å². The van der Waals surface area contributed by atoms with Crippen LogP contribution in [0.4, 0.5) is 16.2 Å². The third-order valence-electron chi connectivity index (χ3n) is 1.98. The summed E-state index contributed by atoms with van der Waals surface area (Å²) in [6, 6.07) is 6.83. The number of nitriles is 1. The fourth-order valence-electron chi connectivity index (χ4n) is 1.06. The van der Waals surface area contributed by atoms with Crippen LogP contribution in [0.15, 0.2) is 24.3 Å². The lowest BCUT2D eigenvalue weighted by Crippen LogP contribution is -2.31. The summed E-state index contributed by atoms with van der Waals surface area (Å²) in [5.74, 6) is 0. The van der Waals surface area contributed by atoms with Crippen molar-refractivity contribution in [3.05, 3.63) is 34.4 Å². The molecule has 1 aromatic rings. The Kier molecular flexibility index (Phi) is 4.00. The Morgan fingerprint density at radius 3 is 2.59 bits per heavy atom. The molecule has 1 aromatic carbocycles. The van der Waals surface area contributed by atoms with E-state index in [1.165, 1.54) is 36.2 Å². The highest BCUT2D eigenvalue weighted by Crippen LogP contribution is 2.15. The van der Waals surface area contributed by atoms with Crippen LogP contribution in [0.25, 0.3) is 0 Å². The molecule has 0 aromatic heterocycles. The second-order valence-electron chi connectivity index (χ2n) is 3.25. The Labute approximate surface area is 97.4 Å². The van der Waals surface area contributed by atoms with Crippen molar-refractivity contribution < 1.29 is 9.72 Å². The van der Waals surface area contributed by atoms with Gasteiger partial charge in [-0.15, -0.1) is 0 Å². The second-order valence-corrected chi connectivity index (χ2v) is 3.25. The minimum atomic E-state index is -0.520. The average Bonchev–Trinajstić information content (AvgIpc) is 2.30. The number of urea groups is 1. The molecule has 0 spiro atoms. The van der Waals surface area contributed by atoms with Crippen molar-refractivity contribution in [1.82, 2.24) is 4.90 Å². The van der Waals surface area contributed by atoms with Crippen LogP contribution in [0.1, 0.15) is 0 Å². The first-order valence-electron chi connectivity index (χ1n) is 4.68. The molecule has 0 unspecified atom stereocenters. The smallest absolute Gasteiger partial charge is 0.314 e. The Morgan fingerprint density at radius 2 is 2.12 bits per heavy atom. The van der Waals surface area contributed by atoms with Crippen LogP contribution in [0, 0.1) is 21.4 Å². The van der Waals surface area contributed by atoms with Gasteiger partial charge in [-0.2, -0.15) is 5.26 Å². The largest absolute Gasteiger partial charge is 0.322 e. The number of anilines is 1. The van der Waals surface area contributed by atoms with Crippen LogP contribution in [-0.4, -0.2) is 29.4 Å². The van der Waals surface area contributed by atoms with Crippen LogP contribution in [0.2, 0.25) is 0 Å². The normalized spacial score (nSPS) is 9.18. The number of nitro groups is 1. The predicted molar refractivity (Wildman–Crippen MR) is 60.4 cm³/mol. The van der Waals surface area contributed by atoms with E-state index in [2.05, 4.69) is 5.32 Å². The van der Waals surface area contributed by atoms with Gasteiger partial charge in [-0.25, -0.2) is 4.79 Å². The number of amides is 2. The summed E-state index contributed by atoms with van der Waals surface area (Å²) in [4.78, 5) is 22.5. The quantitative estimate of drug-likeness (QED) is 0.487. The fourth-order valence-corrected chi connectivity index (χ4v) is 1.06. The Bertz CT molecular complexity index is 463. The molecule has 7 nitrogen and oxygen atoms in total. The molecule has 0 heterocycles. The molecule has 7 heteroatoms. The van der Waals surface area contributed by atoms with E-state index in [0.29, 0.717) is 5.69 Å². The van der Waals surface area contributed by atoms with E-state index >= 15 is 0 Å². The number of nitro benzene ring substituents is 1. The number of non-ortho nitro benzene ring substituents is 1. The lowest BCUT2D eigenvalue weighted by molar-refractivity contribution is -0.384. The summed E-state index contributed by atoms with van der Waals surface area (Å²) < 4.78 is 0. The molecule has 88 valence electrons. The van der Waals surface area contributed by atoms with E-state index in [1.54, 1.807) is 0 Å². The van der Waals surface area contributed by atoms with Crippen molar-refractivity contribution >= 4 is 17.4 Å². The summed E-state index contributed by atoms with van der Waals surface area (Å²) in [5.41, 5.74) is 0.388. The highest BCUT2D eigenvalue weighted by molar-refractivity contribution is 5.89. The van der Waals surface area contributed by atoms with Gasteiger partial charge in [0.05, 0.1) is 11.0 Å². The maximum Gasteiger partial charge on any atom is 0.322 e. The second kappa shape index (κ2) is 5.46. The van der Waals surface area contributed by atoms with Gasteiger partial charge in [0.15, 0.2) is 0 Å². The van der Waals surface area contributed by atoms with Gasteiger partial charge in [0.25, 0.3) is 5.69 Å². The maximum absolute atomic E-state index is 11.5. The summed E-state index contributed by atoms with van der Waals surface area (Å²) in [7, 11) is 1.48. The van der Waals surface area contributed by atoms with Crippen molar-refractivity contribution in [2.24, 2.45) is 0 Å². The monoisotopic (exact) mass is 234 g/mol. The SMILES string of the molecule is CN(CC#N)C(=O)Nc1ccc([N+](=O)[O-])cc1. The number of nitrogens with zero attached hydrogens (tertiary/aromatic N) is 3. The first-order valence-corrected chi connectivity index (χ1v) is 4.68. The highest BCUT2D eigenvalue weighted by Gasteiger charge is 2.09. The summed E-state index contributed by atoms with van der Waals surface area (Å²) in [6.45, 7) is -0.0290. The molecule has 1 N–H and O–H groups in total. The summed E-state index contributed by atoms with van der Waals surface area (Å²) in [6.07, 6.45) is 0. The molecule has 0 bridgehead atoms. The zero-order valence-corrected chi connectivity index (χ0v) is 9.08. The molecule has 0 radical (unpaired) electrons. The van der Waals surface area contributed by atoms with Crippen molar-refractivity contribution in [2.45, 2.75) is 0 Å². The highest BCUT2D eigenvalue weighted by atomic mass is 16.6. The van der Waals surface area contributed by atoms with Crippen molar-refractivity contribution in [2.75, 3.05) is 18.9 Å². The molecule has 0 atom stereocenters. The lowest BCUT2D eigenvalue weighted by atomic mass is 10.3. The fraction of sp³-hybridized carbons (Fsp3) is 0.200. The summed E-state index contributed by atoms with van der Waals surface area (Å²) >= 11 is 0. The minimum absolute atomic E-state index is 0.0290. The van der Waals surface area contributed by atoms with Gasteiger partial charge in [0.2, 0.25) is 0 Å². The summed E-state index contributed by atoms with van der Waals surface area (Å²) in [5, 5.41) is 21.3. The predicted octanol–water partition coefficient (Wildman–Crippen LogP) is 1.58. The Morgan fingerprint density at radius 1 is 1.53 bits per heavy atom. The van der Waals surface area contributed by atoms with Gasteiger partial charge in [0.1, 0.15) is 6.54 Å². The average molecular weight is 234 g/mol. The molecule has 1 rings (SSSR count). The van der Waals surface area contributed by atoms with E-state index in [9.17, 15) is 14.9 Å². The molecule has 0 aliphatic heterocycles. The third kappa shape index (κ3) is 3.46. The molecule has 0 aliphatic carbocycles. The molecule has 0 fully saturated rings. The van der Waals surface area contributed by atoms with Gasteiger partial charge in [-0.05, 0) is 12.1 Å². The molecular weight excluding hydrogens is 224 g/mol. The van der Waals surface area contributed by atoms with E-state index in [1.807, 2.05) is 6.07 Å². The van der Waals surface area contributed by atoms with E-state index in [0.717, 1.165) is 0 Å². The zero-order chi connectivity index (χ0) is 12.8. The molecule has 0 saturated carbocycles. The van der Waals surface area contributed by atoms with Crippen molar-refractivity contribution in [1.29, 1.82) is 5.26 Å². The molecule has 2 amide bonds. The number of carbonyl (C=O) groups is 1. The number of carbonyl (C=O) groups excluding carboxylic acids is 1. The Hall–Kier alpha value is -2.62. The van der Waals surface area contributed by atoms with Crippen molar-refractivity contribution in [3.63, 3.8) is 0 Å². The van der Waals surface area contributed by atoms with Crippen molar-refractivity contribution in [3.8, 4) is 6.07 Å². The molecule has 0 aliphatic rings. The lowest BCUT2D eigenvalue weighted by Gasteiger charge is -2.13. The van der Waals surface area contributed by atoms with Crippen LogP contribution < -0.4 is 5.32 Å². The van der Waals surface area contributed by atoms with Gasteiger partial charge >= 0.3 is 6.03 Å². The standard InChI is InChI=1S/C10H10N4O3/c1-13(7-6-11)10(15)12-8-2-4-9(5-3-8)14(16)17/h2-5H,7H2,1H3,(H,12,15). The van der Waals surface area contributed by atoms with Crippen LogP contribution in [0.3, 0.4) is 0 Å². The van der Waals surface area contributed by atoms with E-state index < -0.39 is 11.0 Å². The van der Waals surface area contributed by atoms with Gasteiger partial charge < -0.3 is 10.2 Å². The third-order valence-corrected chi connectivity index (χ3v) is 1.98. The molecular formula is C10H10N4O3. The van der Waals surface area contributed by atoms with Gasteiger partial charge in [0, 0.05) is 24.9 Å². The number of benzene rings is 1. The topological polar surface area (TPSA) is 99.3 Å². The molecule has 17 heavy (non-hydrogen) atoms. The van der Waals surface area contributed by atoms with Crippen LogP contribution >= 0.6 is 0 Å². The van der Waals surface area contributed by atoms with Gasteiger partial charge in [-0.3, -0.25) is 10.1 Å². The zero-order valence-electron chi connectivity index (χ0n) is 9.08. The maximum atomic E-state index is 11.5. The molecule has 0 saturated heterocycles. The number of nitrogens with one attached hydrogen (secondary N) is 1. The first-order chi connectivity index (χ1) is 8.04. The number of hydrogen-bond donors (Lipinski definition) is 1. The number of hydrogen-bond acceptors (Lipinski definition) is 4. The number of rotatable bonds is 3. The van der Waals surface area contributed by atoms with E-state index in [-0.39, 0.29) is 12.2 Å². The Balaban J connectivity index is 2.67.